The summed E-state index contributed by atoms with van der Waals surface area (Å²) in [5, 5.41) is 11.7. The van der Waals surface area contributed by atoms with E-state index in [-0.39, 0.29) is 60.7 Å². The molecule has 1 amide bonds. The number of amides is 1. The Labute approximate surface area is 281 Å². The fraction of sp³-hybridized carbons (Fsp3) is 0.710. The van der Waals surface area contributed by atoms with E-state index in [1.807, 2.05) is 32.4 Å². The standard InChI is InChI=1S/C31H48N7O9P/c1-16(2)26(39)35-31-34-25-22(27(40)36-31)33-15-37(25)28-24(47-30(42)18(5)6)23(46-29(41)17(3)4)21(45-28)14-44-48(43-13-11-12-32)38(19(7)8)20(9)10/h15-21,23-24,28H,11,13-14H2,1-10H3,(H2,34,35,36,39,40)/t21-,23-,24-,28?,48?/m1/s1. The summed E-state index contributed by atoms with van der Waals surface area (Å²) >= 11 is 0. The molecular formula is C31H48N7O9P. The van der Waals surface area contributed by atoms with Gasteiger partial charge in [-0.25, -0.2) is 9.65 Å². The number of nitrogens with zero attached hydrogens (tertiary/aromatic N) is 5. The van der Waals surface area contributed by atoms with Crippen LogP contribution in [0.1, 0.15) is 81.9 Å². The lowest BCUT2D eigenvalue weighted by Crippen LogP contribution is -2.42. The van der Waals surface area contributed by atoms with Crippen molar-refractivity contribution in [2.75, 3.05) is 18.5 Å². The molecule has 17 heteroatoms. The largest absolute Gasteiger partial charge is 0.455 e. The Morgan fingerprint density at radius 3 is 2.15 bits per heavy atom. The lowest BCUT2D eigenvalue weighted by atomic mass is 10.1. The molecule has 2 aromatic rings. The number of H-pyrrole nitrogens is 1. The molecular weight excluding hydrogens is 645 g/mol. The van der Waals surface area contributed by atoms with Crippen LogP contribution in [0.2, 0.25) is 0 Å². The normalized spacial score (nSPS) is 20.3. The van der Waals surface area contributed by atoms with E-state index in [2.05, 4.69) is 26.3 Å². The molecule has 2 aromatic heterocycles. The van der Waals surface area contributed by atoms with Crippen LogP contribution in [-0.2, 0) is 37.6 Å². The summed E-state index contributed by atoms with van der Waals surface area (Å²) in [4.78, 5) is 62.6. The number of aromatic nitrogens is 4. The highest BCUT2D eigenvalue weighted by Gasteiger charge is 2.52. The molecule has 16 nitrogen and oxygen atoms in total. The van der Waals surface area contributed by atoms with Gasteiger partial charge in [0.25, 0.3) is 14.1 Å². The lowest BCUT2D eigenvalue weighted by Gasteiger charge is -2.36. The zero-order valence-electron chi connectivity index (χ0n) is 29.3. The number of carbonyl (C=O) groups is 3. The summed E-state index contributed by atoms with van der Waals surface area (Å²) < 4.78 is 34.2. The van der Waals surface area contributed by atoms with Gasteiger partial charge in [-0.15, -0.1) is 0 Å². The zero-order valence-corrected chi connectivity index (χ0v) is 30.1. The van der Waals surface area contributed by atoms with Crippen molar-refractivity contribution in [2.24, 2.45) is 17.8 Å². The number of esters is 2. The SMILES string of the molecule is CC(C)C(=O)Nc1nc2c(ncn2C2O[C@H](COP(OCCC#N)N(C(C)C)C(C)C)[C@@H](OC(=O)C(C)C)[C@H]2OC(=O)C(C)C)c(=O)[nH]1. The Bertz CT molecular complexity index is 1510. The number of nitrogens with one attached hydrogen (secondary N) is 2. The highest BCUT2D eigenvalue weighted by Crippen LogP contribution is 2.47. The maximum absolute atomic E-state index is 13.1. The van der Waals surface area contributed by atoms with Crippen LogP contribution in [0.3, 0.4) is 0 Å². The van der Waals surface area contributed by atoms with Crippen LogP contribution in [-0.4, -0.2) is 85.6 Å². The van der Waals surface area contributed by atoms with Gasteiger partial charge in [-0.1, -0.05) is 41.5 Å². The molecule has 3 rings (SSSR count). The number of imidazole rings is 1. The van der Waals surface area contributed by atoms with E-state index in [0.717, 1.165) is 0 Å². The van der Waals surface area contributed by atoms with Gasteiger partial charge in [-0.2, -0.15) is 10.2 Å². The second-order valence-electron chi connectivity index (χ2n) is 12.9. The van der Waals surface area contributed by atoms with Crippen LogP contribution in [0.5, 0.6) is 0 Å². The van der Waals surface area contributed by atoms with Gasteiger partial charge in [-0.05, 0) is 27.7 Å². The lowest BCUT2D eigenvalue weighted by molar-refractivity contribution is -0.172. The van der Waals surface area contributed by atoms with Gasteiger partial charge in [0, 0.05) is 18.0 Å². The first kappa shape index (κ1) is 39.0. The van der Waals surface area contributed by atoms with Crippen molar-refractivity contribution in [1.82, 2.24) is 24.2 Å². The van der Waals surface area contributed by atoms with E-state index >= 15 is 0 Å². The maximum atomic E-state index is 13.1. The van der Waals surface area contributed by atoms with Gasteiger partial charge in [0.05, 0.1) is 43.9 Å². The second-order valence-corrected chi connectivity index (χ2v) is 14.4. The van der Waals surface area contributed by atoms with Crippen LogP contribution in [0, 0.1) is 29.1 Å². The number of anilines is 1. The highest BCUT2D eigenvalue weighted by molar-refractivity contribution is 7.44. The molecule has 0 aromatic carbocycles. The topological polar surface area (TPSA) is 200 Å². The summed E-state index contributed by atoms with van der Waals surface area (Å²) in [6.07, 6.45) is -3.03. The number of ether oxygens (including phenoxy) is 3. The van der Waals surface area contributed by atoms with E-state index in [9.17, 15) is 19.2 Å². The van der Waals surface area contributed by atoms with E-state index in [0.29, 0.717) is 0 Å². The first-order chi connectivity index (χ1) is 22.6. The van der Waals surface area contributed by atoms with Crippen molar-refractivity contribution in [1.29, 1.82) is 5.26 Å². The Balaban J connectivity index is 2.10. The summed E-state index contributed by atoms with van der Waals surface area (Å²) in [7, 11) is -1.70. The summed E-state index contributed by atoms with van der Waals surface area (Å²) in [5.74, 6) is -3.04. The number of hydrogen-bond acceptors (Lipinski definition) is 13. The van der Waals surface area contributed by atoms with Crippen molar-refractivity contribution < 1.29 is 37.6 Å². The van der Waals surface area contributed by atoms with Gasteiger partial charge < -0.3 is 23.3 Å². The van der Waals surface area contributed by atoms with E-state index in [1.165, 1.54) is 10.9 Å². The van der Waals surface area contributed by atoms with Gasteiger partial charge in [-0.3, -0.25) is 34.0 Å². The molecule has 5 atom stereocenters. The van der Waals surface area contributed by atoms with Crippen LogP contribution in [0.25, 0.3) is 11.2 Å². The second kappa shape index (κ2) is 17.3. The Kier molecular flexibility index (Phi) is 14.0. The highest BCUT2D eigenvalue weighted by atomic mass is 31.2. The van der Waals surface area contributed by atoms with Crippen molar-refractivity contribution in [3.8, 4) is 6.07 Å². The first-order valence-electron chi connectivity index (χ1n) is 16.1. The predicted octanol–water partition coefficient (Wildman–Crippen LogP) is 4.04. The summed E-state index contributed by atoms with van der Waals surface area (Å²) in [5.41, 5.74) is -0.627. The van der Waals surface area contributed by atoms with E-state index in [1.54, 1.807) is 41.5 Å². The van der Waals surface area contributed by atoms with Gasteiger partial charge in [0.15, 0.2) is 29.6 Å². The summed E-state index contributed by atoms with van der Waals surface area (Å²) in [6, 6.07) is 2.12. The first-order valence-corrected chi connectivity index (χ1v) is 17.3. The number of rotatable bonds is 16. The van der Waals surface area contributed by atoms with Crippen LogP contribution < -0.4 is 10.9 Å². The van der Waals surface area contributed by atoms with Crippen LogP contribution in [0.4, 0.5) is 5.95 Å². The number of nitriles is 1. The van der Waals surface area contributed by atoms with Crippen molar-refractivity contribution in [3.63, 3.8) is 0 Å². The van der Waals surface area contributed by atoms with Crippen LogP contribution in [0.15, 0.2) is 11.1 Å². The van der Waals surface area contributed by atoms with Gasteiger partial charge in [0.2, 0.25) is 11.9 Å². The third kappa shape index (κ3) is 9.57. The minimum absolute atomic E-state index is 0.0246. The predicted molar refractivity (Wildman–Crippen MR) is 176 cm³/mol. The van der Waals surface area contributed by atoms with E-state index in [4.69, 9.17) is 28.5 Å². The molecule has 0 aliphatic carbocycles. The van der Waals surface area contributed by atoms with Crippen LogP contribution >= 0.6 is 8.53 Å². The molecule has 0 saturated carbocycles. The molecule has 1 saturated heterocycles. The molecule has 2 N–H and O–H groups in total. The molecule has 0 spiro atoms. The van der Waals surface area contributed by atoms with Crippen molar-refractivity contribution in [3.05, 3.63) is 16.7 Å². The summed E-state index contributed by atoms with van der Waals surface area (Å²) in [6.45, 7) is 18.1. The molecule has 3 heterocycles. The average molecular weight is 694 g/mol. The molecule has 48 heavy (non-hydrogen) atoms. The number of fused-ring (bicyclic) bond motifs is 1. The Hall–Kier alpha value is -3.48. The number of aromatic amines is 1. The number of carbonyl (C=O) groups excluding carboxylic acids is 3. The average Bonchev–Trinajstić information content (AvgIpc) is 3.56. The van der Waals surface area contributed by atoms with Crippen molar-refractivity contribution >= 4 is 43.5 Å². The molecule has 0 radical (unpaired) electrons. The molecule has 0 bridgehead atoms. The third-order valence-corrected chi connectivity index (χ3v) is 9.29. The third-order valence-electron chi connectivity index (χ3n) is 7.22. The Morgan fingerprint density at radius 2 is 1.60 bits per heavy atom. The molecule has 2 unspecified atom stereocenters. The molecule has 266 valence electrons. The van der Waals surface area contributed by atoms with Gasteiger partial charge >= 0.3 is 11.9 Å². The minimum atomic E-state index is -1.70. The van der Waals surface area contributed by atoms with Crippen molar-refractivity contribution in [2.45, 2.75) is 112 Å². The fourth-order valence-electron chi connectivity index (χ4n) is 4.76. The van der Waals surface area contributed by atoms with Gasteiger partial charge in [0.1, 0.15) is 6.10 Å². The minimum Gasteiger partial charge on any atom is -0.455 e. The smallest absolute Gasteiger partial charge is 0.308 e. The quantitative estimate of drug-likeness (QED) is 0.145. The van der Waals surface area contributed by atoms with E-state index < -0.39 is 62.4 Å². The molecule has 1 aliphatic rings. The molecule has 1 fully saturated rings. The zero-order chi connectivity index (χ0) is 35.9. The number of hydrogen-bond donors (Lipinski definition) is 2. The molecule has 1 aliphatic heterocycles. The Morgan fingerprint density at radius 1 is 1.00 bits per heavy atom. The fourth-order valence-corrected chi connectivity index (χ4v) is 6.37. The monoisotopic (exact) mass is 693 g/mol. The maximum Gasteiger partial charge on any atom is 0.308 e.